The van der Waals surface area contributed by atoms with Crippen LogP contribution in [0.2, 0.25) is 0 Å². The van der Waals surface area contributed by atoms with Crippen LogP contribution in [0.5, 0.6) is 0 Å². The van der Waals surface area contributed by atoms with E-state index in [-0.39, 0.29) is 57.1 Å². The molecular formula is C2H3KOS. The van der Waals surface area contributed by atoms with E-state index in [4.69, 9.17) is 4.79 Å². The van der Waals surface area contributed by atoms with Crippen LogP contribution in [0, 0.1) is 0 Å². The van der Waals surface area contributed by atoms with E-state index in [1.165, 1.54) is 0 Å². The topological polar surface area (TPSA) is 17.1 Å². The number of carbonyl (C=O) groups is 1. The van der Waals surface area contributed by atoms with Gasteiger partial charge in [-0.05, 0) is 0 Å². The Bertz CT molecular complexity index is 23.6. The van der Waals surface area contributed by atoms with Gasteiger partial charge < -0.3 is 17.4 Å². The van der Waals surface area contributed by atoms with Crippen molar-refractivity contribution in [1.82, 2.24) is 0 Å². The van der Waals surface area contributed by atoms with Crippen molar-refractivity contribution in [2.45, 2.75) is 0 Å². The average Bonchev–Trinajstić information content (AvgIpc) is 1.37. The van der Waals surface area contributed by atoms with E-state index in [0.717, 1.165) is 0 Å². The maximum absolute atomic E-state index is 9.07. The molecule has 0 aromatic heterocycles. The summed E-state index contributed by atoms with van der Waals surface area (Å²) >= 11 is 4.19. The maximum Gasteiger partial charge on any atom is 1.00 e. The van der Waals surface area contributed by atoms with Crippen molar-refractivity contribution < 1.29 is 56.2 Å². The zero-order valence-corrected chi connectivity index (χ0v) is 7.04. The standard InChI is InChI=1S/C2H4OS.K/c3-1-2-4;/h1,4H,2H2;/q;+1/p-1. The number of hydrogen-bond acceptors (Lipinski definition) is 2. The molecule has 1 nitrogen and oxygen atoms in total. The third kappa shape index (κ3) is 10.7. The molecule has 0 saturated heterocycles. The molecule has 0 rings (SSSR count). The average molecular weight is 114 g/mol. The van der Waals surface area contributed by atoms with E-state index in [1.54, 1.807) is 0 Å². The molecule has 0 atom stereocenters. The molecule has 0 amide bonds. The Morgan fingerprint density at radius 2 is 2.00 bits per heavy atom. The van der Waals surface area contributed by atoms with E-state index >= 15 is 0 Å². The number of aldehydes is 1. The van der Waals surface area contributed by atoms with Gasteiger partial charge in [-0.1, -0.05) is 0 Å². The Morgan fingerprint density at radius 3 is 2.00 bits per heavy atom. The van der Waals surface area contributed by atoms with Crippen molar-refractivity contribution in [3.05, 3.63) is 0 Å². The summed E-state index contributed by atoms with van der Waals surface area (Å²) in [5.74, 6) is 0.222. The minimum Gasteiger partial charge on any atom is -0.785 e. The smallest absolute Gasteiger partial charge is 0.785 e. The Hall–Kier alpha value is 1.66. The van der Waals surface area contributed by atoms with E-state index < -0.39 is 0 Å². The van der Waals surface area contributed by atoms with Crippen molar-refractivity contribution in [2.75, 3.05) is 5.75 Å². The normalized spacial score (nSPS) is 5.00. The molecule has 0 aromatic rings. The zero-order chi connectivity index (χ0) is 3.41. The molecule has 0 aliphatic carbocycles. The maximum atomic E-state index is 9.07. The summed E-state index contributed by atoms with van der Waals surface area (Å²) in [4.78, 5) is 9.07. The molecule has 24 valence electrons. The summed E-state index contributed by atoms with van der Waals surface area (Å²) in [6.45, 7) is 0. The van der Waals surface area contributed by atoms with Gasteiger partial charge in [0.1, 0.15) is 0 Å². The van der Waals surface area contributed by atoms with Crippen LogP contribution in [-0.2, 0) is 17.4 Å². The van der Waals surface area contributed by atoms with Gasteiger partial charge in [-0.15, -0.1) is 5.75 Å². The minimum atomic E-state index is 0. The Labute approximate surface area is 79.3 Å². The second-order valence-corrected chi connectivity index (χ2v) is 0.667. The summed E-state index contributed by atoms with van der Waals surface area (Å²) in [7, 11) is 0. The Balaban J connectivity index is 0. The third-order valence-corrected chi connectivity index (χ3v) is 0.204. The summed E-state index contributed by atoms with van der Waals surface area (Å²) < 4.78 is 0. The first kappa shape index (κ1) is 9.82. The molecule has 0 aliphatic heterocycles. The summed E-state index contributed by atoms with van der Waals surface area (Å²) in [5, 5.41) is 0. The van der Waals surface area contributed by atoms with Gasteiger partial charge in [-0.25, -0.2) is 0 Å². The molecule has 3 heteroatoms. The van der Waals surface area contributed by atoms with Gasteiger partial charge in [0, 0.05) is 0 Å². The van der Waals surface area contributed by atoms with Crippen LogP contribution in [0.1, 0.15) is 0 Å². The summed E-state index contributed by atoms with van der Waals surface area (Å²) in [6.07, 6.45) is 0.690. The van der Waals surface area contributed by atoms with Gasteiger partial charge in [0.2, 0.25) is 0 Å². The van der Waals surface area contributed by atoms with Gasteiger partial charge >= 0.3 is 51.4 Å². The SMILES string of the molecule is O=CC[S-].[K+]. The molecule has 0 spiro atoms. The molecule has 0 aromatic carbocycles. The van der Waals surface area contributed by atoms with E-state index in [2.05, 4.69) is 12.6 Å². The third-order valence-electron chi connectivity index (χ3n) is 0.0680. The van der Waals surface area contributed by atoms with Crippen LogP contribution in [-0.4, -0.2) is 12.0 Å². The van der Waals surface area contributed by atoms with Crippen molar-refractivity contribution >= 4 is 18.9 Å². The summed E-state index contributed by atoms with van der Waals surface area (Å²) in [5.41, 5.74) is 0. The van der Waals surface area contributed by atoms with Crippen molar-refractivity contribution in [3.63, 3.8) is 0 Å². The van der Waals surface area contributed by atoms with Crippen LogP contribution < -0.4 is 51.4 Å². The molecule has 0 unspecified atom stereocenters. The van der Waals surface area contributed by atoms with Gasteiger partial charge in [0.05, 0.1) is 6.29 Å². The predicted octanol–water partition coefficient (Wildman–Crippen LogP) is -3.26. The minimum absolute atomic E-state index is 0. The quantitative estimate of drug-likeness (QED) is 0.202. The van der Waals surface area contributed by atoms with Gasteiger partial charge in [0.15, 0.2) is 0 Å². The number of rotatable bonds is 1. The fourth-order valence-corrected chi connectivity index (χ4v) is 0. The van der Waals surface area contributed by atoms with Crippen LogP contribution in [0.25, 0.3) is 0 Å². The first-order valence-electron chi connectivity index (χ1n) is 0.933. The van der Waals surface area contributed by atoms with Crippen LogP contribution in [0.3, 0.4) is 0 Å². The van der Waals surface area contributed by atoms with Crippen LogP contribution in [0.15, 0.2) is 0 Å². The van der Waals surface area contributed by atoms with Crippen LogP contribution >= 0.6 is 0 Å². The largest absolute Gasteiger partial charge is 1.00 e. The van der Waals surface area contributed by atoms with E-state index in [0.29, 0.717) is 6.29 Å². The van der Waals surface area contributed by atoms with Gasteiger partial charge in [0.25, 0.3) is 0 Å². The molecular weight excluding hydrogens is 111 g/mol. The van der Waals surface area contributed by atoms with Crippen LogP contribution in [0.4, 0.5) is 0 Å². The zero-order valence-electron chi connectivity index (χ0n) is 3.10. The first-order chi connectivity index (χ1) is 1.91. The molecule has 0 saturated carbocycles. The van der Waals surface area contributed by atoms with Gasteiger partial charge in [-0.3, -0.25) is 0 Å². The van der Waals surface area contributed by atoms with Gasteiger partial charge in [-0.2, -0.15) is 0 Å². The Morgan fingerprint density at radius 1 is 1.80 bits per heavy atom. The van der Waals surface area contributed by atoms with Crippen molar-refractivity contribution in [3.8, 4) is 0 Å². The fourth-order valence-electron chi connectivity index (χ4n) is 0. The second-order valence-electron chi connectivity index (χ2n) is 0.333. The number of hydrogen-bond donors (Lipinski definition) is 0. The predicted molar refractivity (Wildman–Crippen MR) is 18.3 cm³/mol. The summed E-state index contributed by atoms with van der Waals surface area (Å²) in [6, 6.07) is 0. The fraction of sp³-hybridized carbons (Fsp3) is 0.500. The molecule has 0 radical (unpaired) electrons. The first-order valence-corrected chi connectivity index (χ1v) is 1.51. The van der Waals surface area contributed by atoms with E-state index in [1.807, 2.05) is 0 Å². The Kier molecular flexibility index (Phi) is 18.0. The van der Waals surface area contributed by atoms with E-state index in [9.17, 15) is 0 Å². The van der Waals surface area contributed by atoms with Crippen molar-refractivity contribution in [1.29, 1.82) is 0 Å². The molecule has 0 N–H and O–H groups in total. The molecule has 5 heavy (non-hydrogen) atoms. The number of carbonyl (C=O) groups excluding carboxylic acids is 1. The second kappa shape index (κ2) is 9.17. The molecule has 0 bridgehead atoms. The van der Waals surface area contributed by atoms with Crippen molar-refractivity contribution in [2.24, 2.45) is 0 Å². The molecule has 0 aliphatic rings. The monoisotopic (exact) mass is 114 g/mol. The molecule has 0 fully saturated rings. The molecule has 0 heterocycles.